The molecule has 0 bridgehead atoms. The first kappa shape index (κ1) is 16.5. The number of carbonyl (C=O) groups is 2. The van der Waals surface area contributed by atoms with E-state index in [1.54, 1.807) is 0 Å². The minimum Gasteiger partial charge on any atom is -0.481 e. The van der Waals surface area contributed by atoms with Gasteiger partial charge in [0.25, 0.3) is 5.91 Å². The maximum Gasteiger partial charge on any atom is 0.303 e. The zero-order chi connectivity index (χ0) is 16.3. The molecule has 22 heavy (non-hydrogen) atoms. The summed E-state index contributed by atoms with van der Waals surface area (Å²) in [5.41, 5.74) is 3.08. The summed E-state index contributed by atoms with van der Waals surface area (Å²) in [6.45, 7) is 7.51. The van der Waals surface area contributed by atoms with E-state index >= 15 is 0 Å². The Bertz CT molecular complexity index is 559. The van der Waals surface area contributed by atoms with Gasteiger partial charge in [0, 0.05) is 25.1 Å². The molecule has 1 amide bonds. The third-order valence-electron chi connectivity index (χ3n) is 4.88. The van der Waals surface area contributed by atoms with Crippen molar-refractivity contribution in [3.63, 3.8) is 0 Å². The van der Waals surface area contributed by atoms with Gasteiger partial charge < -0.3 is 10.0 Å². The minimum absolute atomic E-state index is 0.0902. The first-order valence-corrected chi connectivity index (χ1v) is 7.96. The SMILES string of the molecule is Cc1ccc(C(=O)N2CCC(C(C)CC(=O)O)CC2)cc1C. The summed E-state index contributed by atoms with van der Waals surface area (Å²) in [6, 6.07) is 5.84. The maximum atomic E-state index is 12.5. The second kappa shape index (κ2) is 6.95. The number of hydrogen-bond acceptors (Lipinski definition) is 2. The molecule has 2 rings (SSSR count). The van der Waals surface area contributed by atoms with Gasteiger partial charge in [-0.1, -0.05) is 13.0 Å². The van der Waals surface area contributed by atoms with Crippen molar-refractivity contribution in [2.75, 3.05) is 13.1 Å². The molecule has 1 aliphatic rings. The molecule has 1 aliphatic heterocycles. The molecule has 0 aromatic heterocycles. The zero-order valence-corrected chi connectivity index (χ0v) is 13.6. The fourth-order valence-corrected chi connectivity index (χ4v) is 3.17. The number of carbonyl (C=O) groups excluding carboxylic acids is 1. The van der Waals surface area contributed by atoms with Gasteiger partial charge in [-0.3, -0.25) is 9.59 Å². The van der Waals surface area contributed by atoms with Gasteiger partial charge in [-0.2, -0.15) is 0 Å². The first-order valence-electron chi connectivity index (χ1n) is 7.96. The van der Waals surface area contributed by atoms with Gasteiger partial charge in [-0.05, 0) is 61.8 Å². The van der Waals surface area contributed by atoms with Crippen molar-refractivity contribution in [3.8, 4) is 0 Å². The molecule has 1 aromatic carbocycles. The molecule has 4 heteroatoms. The number of carboxylic acid groups (broad SMARTS) is 1. The van der Waals surface area contributed by atoms with E-state index in [2.05, 4.69) is 0 Å². The van der Waals surface area contributed by atoms with Gasteiger partial charge in [-0.15, -0.1) is 0 Å². The van der Waals surface area contributed by atoms with Crippen LogP contribution in [0.5, 0.6) is 0 Å². The van der Waals surface area contributed by atoms with E-state index < -0.39 is 5.97 Å². The number of aliphatic carboxylic acids is 1. The van der Waals surface area contributed by atoms with Gasteiger partial charge in [0.05, 0.1) is 0 Å². The number of likely N-dealkylation sites (tertiary alicyclic amines) is 1. The number of carboxylic acids is 1. The van der Waals surface area contributed by atoms with Crippen LogP contribution in [0.4, 0.5) is 0 Å². The molecular weight excluding hydrogens is 278 g/mol. The Morgan fingerprint density at radius 1 is 1.23 bits per heavy atom. The number of nitrogens with zero attached hydrogens (tertiary/aromatic N) is 1. The number of benzene rings is 1. The van der Waals surface area contributed by atoms with E-state index in [9.17, 15) is 9.59 Å². The lowest BCUT2D eigenvalue weighted by molar-refractivity contribution is -0.138. The molecule has 120 valence electrons. The van der Waals surface area contributed by atoms with Gasteiger partial charge >= 0.3 is 5.97 Å². The second-order valence-electron chi connectivity index (χ2n) is 6.50. The third kappa shape index (κ3) is 3.87. The van der Waals surface area contributed by atoms with Crippen molar-refractivity contribution in [1.29, 1.82) is 0 Å². The Hall–Kier alpha value is -1.84. The number of amides is 1. The van der Waals surface area contributed by atoms with Gasteiger partial charge in [0.2, 0.25) is 0 Å². The number of aryl methyl sites for hydroxylation is 2. The number of hydrogen-bond donors (Lipinski definition) is 1. The van der Waals surface area contributed by atoms with Crippen LogP contribution in [-0.2, 0) is 4.79 Å². The lowest BCUT2D eigenvalue weighted by Gasteiger charge is -2.34. The van der Waals surface area contributed by atoms with E-state index in [4.69, 9.17) is 5.11 Å². The largest absolute Gasteiger partial charge is 0.481 e. The Morgan fingerprint density at radius 2 is 1.86 bits per heavy atom. The predicted octanol–water partition coefficient (Wildman–Crippen LogP) is 3.27. The molecule has 0 aliphatic carbocycles. The van der Waals surface area contributed by atoms with Gasteiger partial charge in [0.1, 0.15) is 0 Å². The number of piperidine rings is 1. The molecule has 1 heterocycles. The molecule has 1 atom stereocenters. The molecule has 1 unspecified atom stereocenters. The van der Waals surface area contributed by atoms with Crippen LogP contribution in [-0.4, -0.2) is 35.0 Å². The average molecular weight is 303 g/mol. The fraction of sp³-hybridized carbons (Fsp3) is 0.556. The molecule has 0 spiro atoms. The summed E-state index contributed by atoms with van der Waals surface area (Å²) in [5.74, 6) is -0.0650. The Morgan fingerprint density at radius 3 is 2.41 bits per heavy atom. The van der Waals surface area contributed by atoms with E-state index in [1.807, 2.05) is 43.9 Å². The molecule has 1 saturated heterocycles. The van der Waals surface area contributed by atoms with Crippen molar-refractivity contribution < 1.29 is 14.7 Å². The summed E-state index contributed by atoms with van der Waals surface area (Å²) < 4.78 is 0. The van der Waals surface area contributed by atoms with E-state index in [-0.39, 0.29) is 18.2 Å². The third-order valence-corrected chi connectivity index (χ3v) is 4.88. The van der Waals surface area contributed by atoms with E-state index in [0.29, 0.717) is 5.92 Å². The highest BCUT2D eigenvalue weighted by molar-refractivity contribution is 5.94. The smallest absolute Gasteiger partial charge is 0.303 e. The molecule has 1 fully saturated rings. The first-order chi connectivity index (χ1) is 10.4. The topological polar surface area (TPSA) is 57.6 Å². The quantitative estimate of drug-likeness (QED) is 0.928. The van der Waals surface area contributed by atoms with Crippen LogP contribution in [0, 0.1) is 25.7 Å². The van der Waals surface area contributed by atoms with Crippen LogP contribution in [0.3, 0.4) is 0 Å². The van der Waals surface area contributed by atoms with Crippen LogP contribution in [0.15, 0.2) is 18.2 Å². The molecular formula is C18H25NO3. The van der Waals surface area contributed by atoms with E-state index in [0.717, 1.165) is 37.1 Å². The fourth-order valence-electron chi connectivity index (χ4n) is 3.17. The summed E-state index contributed by atoms with van der Waals surface area (Å²) >= 11 is 0. The second-order valence-corrected chi connectivity index (χ2v) is 6.50. The lowest BCUT2D eigenvalue weighted by Crippen LogP contribution is -2.40. The van der Waals surface area contributed by atoms with Gasteiger partial charge in [-0.25, -0.2) is 0 Å². The molecule has 1 aromatic rings. The monoisotopic (exact) mass is 303 g/mol. The summed E-state index contributed by atoms with van der Waals surface area (Å²) in [7, 11) is 0. The molecule has 0 radical (unpaired) electrons. The molecule has 1 N–H and O–H groups in total. The van der Waals surface area contributed by atoms with Crippen LogP contribution in [0.2, 0.25) is 0 Å². The lowest BCUT2D eigenvalue weighted by atomic mass is 9.83. The van der Waals surface area contributed by atoms with Crippen molar-refractivity contribution >= 4 is 11.9 Å². The zero-order valence-electron chi connectivity index (χ0n) is 13.6. The summed E-state index contributed by atoms with van der Waals surface area (Å²) in [6.07, 6.45) is 2.01. The highest BCUT2D eigenvalue weighted by Crippen LogP contribution is 2.28. The highest BCUT2D eigenvalue weighted by Gasteiger charge is 2.27. The van der Waals surface area contributed by atoms with Crippen molar-refractivity contribution in [2.24, 2.45) is 11.8 Å². The summed E-state index contributed by atoms with van der Waals surface area (Å²) in [5, 5.41) is 8.89. The van der Waals surface area contributed by atoms with Gasteiger partial charge in [0.15, 0.2) is 0 Å². The summed E-state index contributed by atoms with van der Waals surface area (Å²) in [4.78, 5) is 25.3. The Balaban J connectivity index is 1.94. The maximum absolute atomic E-state index is 12.5. The number of rotatable bonds is 4. The Labute approximate surface area is 132 Å². The minimum atomic E-state index is -0.735. The normalized spacial score (nSPS) is 17.3. The van der Waals surface area contributed by atoms with Crippen LogP contribution in [0.1, 0.15) is 47.7 Å². The predicted molar refractivity (Wildman–Crippen MR) is 86.0 cm³/mol. The van der Waals surface area contributed by atoms with Crippen molar-refractivity contribution in [3.05, 3.63) is 34.9 Å². The Kier molecular flexibility index (Phi) is 5.22. The van der Waals surface area contributed by atoms with Crippen LogP contribution < -0.4 is 0 Å². The molecule has 0 saturated carbocycles. The van der Waals surface area contributed by atoms with Crippen LogP contribution in [0.25, 0.3) is 0 Å². The van der Waals surface area contributed by atoms with Crippen LogP contribution >= 0.6 is 0 Å². The highest BCUT2D eigenvalue weighted by atomic mass is 16.4. The standard InChI is InChI=1S/C18H25NO3/c1-12-4-5-16(10-13(12)2)18(22)19-8-6-15(7-9-19)14(3)11-17(20)21/h4-5,10,14-15H,6-9,11H2,1-3H3,(H,20,21). The van der Waals surface area contributed by atoms with Crippen molar-refractivity contribution in [2.45, 2.75) is 40.0 Å². The average Bonchev–Trinajstić information content (AvgIpc) is 2.49. The molecule has 4 nitrogen and oxygen atoms in total. The van der Waals surface area contributed by atoms with Crippen molar-refractivity contribution in [1.82, 2.24) is 4.90 Å². The van der Waals surface area contributed by atoms with E-state index in [1.165, 1.54) is 5.56 Å².